The Morgan fingerprint density at radius 2 is 2.38 bits per heavy atom. The van der Waals surface area contributed by atoms with Gasteiger partial charge in [0.05, 0.1) is 6.26 Å². The standard InChI is InChI=1S/C9H10N2O2/c1-2-8-6(3-4-12-8)7-5-9(10)13-11-7/h3-5H,2,10H2,1H3. The van der Waals surface area contributed by atoms with E-state index in [2.05, 4.69) is 5.16 Å². The molecule has 4 nitrogen and oxygen atoms in total. The summed E-state index contributed by atoms with van der Waals surface area (Å²) >= 11 is 0. The van der Waals surface area contributed by atoms with Gasteiger partial charge in [0.25, 0.3) is 0 Å². The van der Waals surface area contributed by atoms with Crippen molar-refractivity contribution in [3.63, 3.8) is 0 Å². The summed E-state index contributed by atoms with van der Waals surface area (Å²) in [4.78, 5) is 0. The normalized spacial score (nSPS) is 10.5. The van der Waals surface area contributed by atoms with Gasteiger partial charge >= 0.3 is 0 Å². The quantitative estimate of drug-likeness (QED) is 0.764. The van der Waals surface area contributed by atoms with Gasteiger partial charge in [-0.25, -0.2) is 0 Å². The van der Waals surface area contributed by atoms with Crippen molar-refractivity contribution in [2.24, 2.45) is 0 Å². The lowest BCUT2D eigenvalue weighted by atomic mass is 10.1. The maximum atomic E-state index is 5.42. The molecule has 0 aliphatic carbocycles. The monoisotopic (exact) mass is 178 g/mol. The van der Waals surface area contributed by atoms with Crippen LogP contribution in [0.5, 0.6) is 0 Å². The summed E-state index contributed by atoms with van der Waals surface area (Å²) in [5.41, 5.74) is 7.09. The highest BCUT2D eigenvalue weighted by molar-refractivity contribution is 5.62. The van der Waals surface area contributed by atoms with Crippen LogP contribution in [0.3, 0.4) is 0 Å². The van der Waals surface area contributed by atoms with Crippen molar-refractivity contribution in [3.05, 3.63) is 24.2 Å². The van der Waals surface area contributed by atoms with Crippen molar-refractivity contribution in [2.45, 2.75) is 13.3 Å². The SMILES string of the molecule is CCc1occc1-c1cc(N)on1. The molecule has 0 unspecified atom stereocenters. The van der Waals surface area contributed by atoms with Gasteiger partial charge in [0.2, 0.25) is 5.88 Å². The van der Waals surface area contributed by atoms with Gasteiger partial charge in [0, 0.05) is 18.1 Å². The number of hydrogen-bond acceptors (Lipinski definition) is 4. The van der Waals surface area contributed by atoms with Crippen molar-refractivity contribution < 1.29 is 8.94 Å². The highest BCUT2D eigenvalue weighted by atomic mass is 16.5. The first-order valence-electron chi connectivity index (χ1n) is 4.10. The minimum Gasteiger partial charge on any atom is -0.469 e. The maximum absolute atomic E-state index is 5.42. The second-order valence-corrected chi connectivity index (χ2v) is 2.73. The Hall–Kier alpha value is -1.71. The lowest BCUT2D eigenvalue weighted by Crippen LogP contribution is -1.81. The van der Waals surface area contributed by atoms with E-state index in [-0.39, 0.29) is 0 Å². The van der Waals surface area contributed by atoms with Crippen molar-refractivity contribution in [3.8, 4) is 11.3 Å². The van der Waals surface area contributed by atoms with Gasteiger partial charge in [-0.3, -0.25) is 0 Å². The molecule has 2 rings (SSSR count). The number of rotatable bonds is 2. The van der Waals surface area contributed by atoms with Gasteiger partial charge in [0.1, 0.15) is 11.5 Å². The molecule has 0 saturated heterocycles. The molecule has 0 bridgehead atoms. The maximum Gasteiger partial charge on any atom is 0.222 e. The molecule has 13 heavy (non-hydrogen) atoms. The van der Waals surface area contributed by atoms with Crippen LogP contribution in [-0.4, -0.2) is 5.16 Å². The molecule has 0 atom stereocenters. The average Bonchev–Trinajstić information content (AvgIpc) is 2.71. The second-order valence-electron chi connectivity index (χ2n) is 2.73. The van der Waals surface area contributed by atoms with Crippen LogP contribution in [0.25, 0.3) is 11.3 Å². The highest BCUT2D eigenvalue weighted by Gasteiger charge is 2.10. The van der Waals surface area contributed by atoms with Gasteiger partial charge in [0.15, 0.2) is 0 Å². The fourth-order valence-corrected chi connectivity index (χ4v) is 1.26. The van der Waals surface area contributed by atoms with Gasteiger partial charge in [-0.1, -0.05) is 12.1 Å². The van der Waals surface area contributed by atoms with Gasteiger partial charge in [-0.2, -0.15) is 0 Å². The van der Waals surface area contributed by atoms with Crippen molar-refractivity contribution in [1.29, 1.82) is 0 Å². The summed E-state index contributed by atoms with van der Waals surface area (Å²) in [6, 6.07) is 3.54. The Balaban J connectivity index is 2.45. The van der Waals surface area contributed by atoms with Crippen molar-refractivity contribution >= 4 is 5.88 Å². The van der Waals surface area contributed by atoms with E-state index in [0.717, 1.165) is 23.4 Å². The Morgan fingerprint density at radius 1 is 1.54 bits per heavy atom. The Bertz CT molecular complexity index is 403. The molecule has 2 aromatic heterocycles. The summed E-state index contributed by atoms with van der Waals surface area (Å²) in [6.07, 6.45) is 2.47. The number of aromatic nitrogens is 1. The Kier molecular flexibility index (Phi) is 1.81. The number of hydrogen-bond donors (Lipinski definition) is 1. The van der Waals surface area contributed by atoms with Crippen LogP contribution >= 0.6 is 0 Å². The first-order valence-corrected chi connectivity index (χ1v) is 4.10. The predicted molar refractivity (Wildman–Crippen MR) is 48.0 cm³/mol. The van der Waals surface area contributed by atoms with Crippen LogP contribution in [0.1, 0.15) is 12.7 Å². The third kappa shape index (κ3) is 1.30. The molecule has 0 aliphatic heterocycles. The van der Waals surface area contributed by atoms with Crippen molar-refractivity contribution in [1.82, 2.24) is 5.16 Å². The molecule has 0 aliphatic rings. The van der Waals surface area contributed by atoms with Crippen LogP contribution in [0, 0.1) is 0 Å². The van der Waals surface area contributed by atoms with Crippen LogP contribution in [0.2, 0.25) is 0 Å². The summed E-state index contributed by atoms with van der Waals surface area (Å²) in [7, 11) is 0. The molecule has 0 radical (unpaired) electrons. The summed E-state index contributed by atoms with van der Waals surface area (Å²) in [6.45, 7) is 2.02. The smallest absolute Gasteiger partial charge is 0.222 e. The topological polar surface area (TPSA) is 65.2 Å². The molecule has 2 heterocycles. The van der Waals surface area contributed by atoms with E-state index in [4.69, 9.17) is 14.7 Å². The fourth-order valence-electron chi connectivity index (χ4n) is 1.26. The predicted octanol–water partition coefficient (Wildman–Crippen LogP) is 2.08. The average molecular weight is 178 g/mol. The minimum absolute atomic E-state index is 0.318. The van der Waals surface area contributed by atoms with E-state index in [9.17, 15) is 0 Å². The molecule has 2 aromatic rings. The number of anilines is 1. The van der Waals surface area contributed by atoms with Gasteiger partial charge in [-0.15, -0.1) is 0 Å². The second kappa shape index (κ2) is 2.97. The van der Waals surface area contributed by atoms with E-state index in [0.29, 0.717) is 5.88 Å². The first-order chi connectivity index (χ1) is 6.31. The number of furan rings is 1. The molecule has 0 saturated carbocycles. The number of nitrogens with two attached hydrogens (primary N) is 1. The Labute approximate surface area is 75.3 Å². The zero-order valence-electron chi connectivity index (χ0n) is 7.28. The van der Waals surface area contributed by atoms with Crippen LogP contribution < -0.4 is 5.73 Å². The van der Waals surface area contributed by atoms with E-state index in [1.807, 2.05) is 13.0 Å². The molecule has 0 fully saturated rings. The van der Waals surface area contributed by atoms with Gasteiger partial charge in [-0.05, 0) is 6.07 Å². The molecule has 0 aromatic carbocycles. The first kappa shape index (κ1) is 7.91. The molecular weight excluding hydrogens is 168 g/mol. The number of aryl methyl sites for hydroxylation is 1. The third-order valence-electron chi connectivity index (χ3n) is 1.87. The molecular formula is C9H10N2O2. The molecule has 4 heteroatoms. The summed E-state index contributed by atoms with van der Waals surface area (Å²) < 4.78 is 10.0. The molecule has 0 spiro atoms. The van der Waals surface area contributed by atoms with E-state index in [1.54, 1.807) is 12.3 Å². The van der Waals surface area contributed by atoms with Crippen LogP contribution in [-0.2, 0) is 6.42 Å². The van der Waals surface area contributed by atoms with Crippen molar-refractivity contribution in [2.75, 3.05) is 5.73 Å². The summed E-state index contributed by atoms with van der Waals surface area (Å²) in [5.74, 6) is 1.21. The minimum atomic E-state index is 0.318. The Morgan fingerprint density at radius 3 is 3.00 bits per heavy atom. The lowest BCUT2D eigenvalue weighted by Gasteiger charge is -1.92. The molecule has 2 N–H and O–H groups in total. The van der Waals surface area contributed by atoms with Gasteiger partial charge < -0.3 is 14.7 Å². The summed E-state index contributed by atoms with van der Waals surface area (Å²) in [5, 5.41) is 3.81. The molecule has 0 amide bonds. The fraction of sp³-hybridized carbons (Fsp3) is 0.222. The zero-order chi connectivity index (χ0) is 9.26. The van der Waals surface area contributed by atoms with E-state index < -0.39 is 0 Å². The zero-order valence-corrected chi connectivity index (χ0v) is 7.28. The van der Waals surface area contributed by atoms with E-state index in [1.165, 1.54) is 0 Å². The number of nitrogen functional groups attached to an aromatic ring is 1. The van der Waals surface area contributed by atoms with Crippen LogP contribution in [0.15, 0.2) is 27.3 Å². The largest absolute Gasteiger partial charge is 0.469 e. The van der Waals surface area contributed by atoms with Crippen LogP contribution in [0.4, 0.5) is 5.88 Å². The number of nitrogens with zero attached hydrogens (tertiary/aromatic N) is 1. The highest BCUT2D eigenvalue weighted by Crippen LogP contribution is 2.25. The molecule has 68 valence electrons. The van der Waals surface area contributed by atoms with E-state index >= 15 is 0 Å². The lowest BCUT2D eigenvalue weighted by molar-refractivity contribution is 0.438. The third-order valence-corrected chi connectivity index (χ3v) is 1.87.